The number of carbonyl (C=O) groups excluding carboxylic acids is 3. The Labute approximate surface area is 210 Å². The quantitative estimate of drug-likeness (QED) is 0.289. The number of hydrogen-bond donors (Lipinski definition) is 0. The minimum absolute atomic E-state index is 0.0816. The Balaban J connectivity index is 1.85. The van der Waals surface area contributed by atoms with Crippen molar-refractivity contribution in [3.05, 3.63) is 23.3 Å². The topological polar surface area (TPSA) is 78.9 Å². The Bertz CT molecular complexity index is 1030. The molecule has 0 amide bonds. The van der Waals surface area contributed by atoms with Gasteiger partial charge in [0.1, 0.15) is 11.9 Å². The summed E-state index contributed by atoms with van der Waals surface area (Å²) in [6.07, 6.45) is 4.19. The van der Waals surface area contributed by atoms with Gasteiger partial charge < -0.3 is 14.2 Å². The summed E-state index contributed by atoms with van der Waals surface area (Å²) in [6, 6.07) is 3.98. The molecule has 2 saturated carbocycles. The highest BCUT2D eigenvalue weighted by Crippen LogP contribution is 2.62. The molecule has 2 fully saturated rings. The molecule has 6 nitrogen and oxygen atoms in total. The summed E-state index contributed by atoms with van der Waals surface area (Å²) in [7, 11) is -1.95. The van der Waals surface area contributed by atoms with Gasteiger partial charge in [-0.05, 0) is 73.6 Å². The van der Waals surface area contributed by atoms with Crippen LogP contribution in [-0.2, 0) is 19.1 Å². The molecule has 6 atom stereocenters. The normalized spacial score (nSPS) is 32.1. The van der Waals surface area contributed by atoms with E-state index >= 15 is 0 Å². The molecule has 0 N–H and O–H groups in total. The van der Waals surface area contributed by atoms with Gasteiger partial charge in [0, 0.05) is 31.2 Å². The van der Waals surface area contributed by atoms with Crippen LogP contribution in [0.4, 0.5) is 0 Å². The Morgan fingerprint density at radius 2 is 1.71 bits per heavy atom. The van der Waals surface area contributed by atoms with Crippen LogP contribution in [0.25, 0.3) is 0 Å². The van der Waals surface area contributed by atoms with Crippen LogP contribution < -0.4 is 9.47 Å². The number of ketones is 1. The molecule has 7 heteroatoms. The number of Topliss-reactive ketones (excluding diaryl/α,β-unsaturated/α-hetero) is 1. The van der Waals surface area contributed by atoms with Gasteiger partial charge in [0.2, 0.25) is 0 Å². The second-order valence-electron chi connectivity index (χ2n) is 12.0. The third kappa shape index (κ3) is 4.68. The SMILES string of the molecule is CCOc1cc2c(cc1OC(C)=O)[C@@H]([Si](C)(C)C)C(=O)CC1C2CC[C@@]2(C)C1CC[C@@H]2OC(C)=O. The molecule has 3 unspecified atom stereocenters. The predicted octanol–water partition coefficient (Wildman–Crippen LogP) is 5.79. The first-order chi connectivity index (χ1) is 16.4. The van der Waals surface area contributed by atoms with E-state index in [-0.39, 0.29) is 34.9 Å². The molecule has 1 aromatic rings. The van der Waals surface area contributed by atoms with Gasteiger partial charge in [-0.1, -0.05) is 26.6 Å². The molecule has 4 rings (SSSR count). The van der Waals surface area contributed by atoms with Gasteiger partial charge in [-0.3, -0.25) is 14.4 Å². The van der Waals surface area contributed by atoms with Crippen LogP contribution >= 0.6 is 0 Å². The van der Waals surface area contributed by atoms with Crippen LogP contribution in [0.2, 0.25) is 19.6 Å². The van der Waals surface area contributed by atoms with E-state index in [9.17, 15) is 14.4 Å². The Kier molecular flexibility index (Phi) is 6.95. The average Bonchev–Trinajstić information content (AvgIpc) is 2.98. The van der Waals surface area contributed by atoms with E-state index in [1.54, 1.807) is 0 Å². The molecule has 0 aromatic heterocycles. The molecule has 3 aliphatic rings. The zero-order valence-corrected chi connectivity index (χ0v) is 23.2. The molecule has 0 bridgehead atoms. The van der Waals surface area contributed by atoms with Crippen molar-refractivity contribution in [3.8, 4) is 11.5 Å². The minimum Gasteiger partial charge on any atom is -0.490 e. The Hall–Kier alpha value is -2.15. The smallest absolute Gasteiger partial charge is 0.308 e. The summed E-state index contributed by atoms with van der Waals surface area (Å²) < 4.78 is 17.3. The number of hydrogen-bond acceptors (Lipinski definition) is 6. The monoisotopic (exact) mass is 500 g/mol. The maximum atomic E-state index is 14.0. The van der Waals surface area contributed by atoms with E-state index in [1.165, 1.54) is 19.4 Å². The van der Waals surface area contributed by atoms with Gasteiger partial charge in [0.25, 0.3) is 0 Å². The van der Waals surface area contributed by atoms with E-state index in [4.69, 9.17) is 14.2 Å². The Morgan fingerprint density at radius 1 is 1.03 bits per heavy atom. The van der Waals surface area contributed by atoms with Crippen molar-refractivity contribution < 1.29 is 28.6 Å². The molecular formula is C28H40O6Si. The van der Waals surface area contributed by atoms with Crippen molar-refractivity contribution in [2.75, 3.05) is 6.61 Å². The van der Waals surface area contributed by atoms with Crippen molar-refractivity contribution in [3.63, 3.8) is 0 Å². The van der Waals surface area contributed by atoms with E-state index < -0.39 is 14.0 Å². The van der Waals surface area contributed by atoms with E-state index in [0.29, 0.717) is 36.2 Å². The molecular weight excluding hydrogens is 460 g/mol. The third-order valence-corrected chi connectivity index (χ3v) is 11.1. The molecule has 1 aromatic carbocycles. The van der Waals surface area contributed by atoms with Crippen LogP contribution in [0.3, 0.4) is 0 Å². The minimum atomic E-state index is -1.95. The highest BCUT2D eigenvalue weighted by Gasteiger charge is 2.57. The van der Waals surface area contributed by atoms with Gasteiger partial charge in [0.15, 0.2) is 11.5 Å². The average molecular weight is 501 g/mol. The van der Waals surface area contributed by atoms with Crippen LogP contribution in [0.5, 0.6) is 11.5 Å². The number of benzene rings is 1. The lowest BCUT2D eigenvalue weighted by atomic mass is 9.58. The summed E-state index contributed by atoms with van der Waals surface area (Å²) in [6.45, 7) is 14.2. The van der Waals surface area contributed by atoms with Crippen molar-refractivity contribution >= 4 is 25.8 Å². The molecule has 35 heavy (non-hydrogen) atoms. The first-order valence-electron chi connectivity index (χ1n) is 13.1. The summed E-state index contributed by atoms with van der Waals surface area (Å²) >= 11 is 0. The highest BCUT2D eigenvalue weighted by molar-refractivity contribution is 6.80. The van der Waals surface area contributed by atoms with Gasteiger partial charge in [-0.15, -0.1) is 0 Å². The predicted molar refractivity (Wildman–Crippen MR) is 136 cm³/mol. The summed E-state index contributed by atoms with van der Waals surface area (Å²) in [5.41, 5.74) is 1.95. The number of fused-ring (bicyclic) bond motifs is 5. The largest absolute Gasteiger partial charge is 0.490 e. The number of rotatable bonds is 5. The maximum Gasteiger partial charge on any atom is 0.308 e. The molecule has 192 valence electrons. The molecule has 3 aliphatic carbocycles. The number of carbonyl (C=O) groups is 3. The zero-order chi connectivity index (χ0) is 25.7. The lowest BCUT2D eigenvalue weighted by molar-refractivity contribution is -0.155. The lowest BCUT2D eigenvalue weighted by Gasteiger charge is -2.48. The first-order valence-corrected chi connectivity index (χ1v) is 16.6. The van der Waals surface area contributed by atoms with Gasteiger partial charge in [-0.25, -0.2) is 0 Å². The van der Waals surface area contributed by atoms with E-state index in [2.05, 4.69) is 32.6 Å². The first kappa shape index (κ1) is 25.9. The fourth-order valence-electron chi connectivity index (χ4n) is 7.44. The molecule has 0 spiro atoms. The standard InChI is InChI=1S/C28H40O6Si/c1-8-32-24-14-19-18-11-12-28(4)22(9-10-26(28)34-17(3)30)20(18)13-23(31)27(35(5,6)7)21(19)15-25(24)33-16(2)29/h14-15,18,20,22,26-27H,8-13H2,1-7H3/t18?,20?,22?,26-,27+,28-/m0/s1. The molecule has 0 saturated heterocycles. The number of esters is 2. The maximum absolute atomic E-state index is 14.0. The van der Waals surface area contributed by atoms with Crippen molar-refractivity contribution in [1.29, 1.82) is 0 Å². The van der Waals surface area contributed by atoms with Crippen molar-refractivity contribution in [2.45, 2.75) is 97.0 Å². The summed E-state index contributed by atoms with van der Waals surface area (Å²) in [5.74, 6) is 1.42. The highest BCUT2D eigenvalue weighted by atomic mass is 28.3. The van der Waals surface area contributed by atoms with E-state index in [1.807, 2.05) is 13.0 Å². The molecule has 0 heterocycles. The van der Waals surface area contributed by atoms with E-state index in [0.717, 1.165) is 31.2 Å². The van der Waals surface area contributed by atoms with Crippen LogP contribution in [0.1, 0.15) is 82.4 Å². The lowest BCUT2D eigenvalue weighted by Crippen LogP contribution is -2.44. The molecule has 0 aliphatic heterocycles. The zero-order valence-electron chi connectivity index (χ0n) is 22.2. The second kappa shape index (κ2) is 9.38. The summed E-state index contributed by atoms with van der Waals surface area (Å²) in [5, 5.41) is 0. The van der Waals surface area contributed by atoms with Gasteiger partial charge in [-0.2, -0.15) is 0 Å². The molecule has 0 radical (unpaired) electrons. The summed E-state index contributed by atoms with van der Waals surface area (Å²) in [4.78, 5) is 37.7. The second-order valence-corrected chi connectivity index (χ2v) is 17.3. The van der Waals surface area contributed by atoms with Gasteiger partial charge in [0.05, 0.1) is 14.7 Å². The van der Waals surface area contributed by atoms with Crippen LogP contribution in [0, 0.1) is 17.3 Å². The van der Waals surface area contributed by atoms with Crippen molar-refractivity contribution in [1.82, 2.24) is 0 Å². The van der Waals surface area contributed by atoms with Gasteiger partial charge >= 0.3 is 11.9 Å². The van der Waals surface area contributed by atoms with Crippen LogP contribution in [-0.4, -0.2) is 38.5 Å². The third-order valence-electron chi connectivity index (χ3n) is 8.70. The number of ether oxygens (including phenoxy) is 3. The van der Waals surface area contributed by atoms with Crippen LogP contribution in [0.15, 0.2) is 12.1 Å². The fourth-order valence-corrected chi connectivity index (χ4v) is 9.71. The fraction of sp³-hybridized carbons (Fsp3) is 0.679. The van der Waals surface area contributed by atoms with Crippen molar-refractivity contribution in [2.24, 2.45) is 17.3 Å². The Morgan fingerprint density at radius 3 is 2.31 bits per heavy atom.